The van der Waals surface area contributed by atoms with E-state index in [9.17, 15) is 44.1 Å². The first-order valence-corrected chi connectivity index (χ1v) is 25.3. The molecule has 2 unspecified atom stereocenters. The zero-order chi connectivity index (χ0) is 54.8. The lowest BCUT2D eigenvalue weighted by Gasteiger charge is -2.68. The molecule has 8 rings (SSSR count). The van der Waals surface area contributed by atoms with Crippen molar-refractivity contribution in [3.63, 3.8) is 0 Å². The lowest BCUT2D eigenvalue weighted by molar-refractivity contribution is -0.386. The maximum absolute atomic E-state index is 16.6. The van der Waals surface area contributed by atoms with Gasteiger partial charge in [-0.1, -0.05) is 80.6 Å². The molecule has 402 valence electrons. The molecular formula is C57H68N2O16. The smallest absolute Gasteiger partial charge is 0.338 e. The number of rotatable bonds is 13. The molecule has 11 atom stereocenters. The number of carbonyl (C=O) groups is 7. The number of ether oxygens (including phenoxy) is 5. The Kier molecular flexibility index (Phi) is 14.6. The molecule has 3 aromatic carbocycles. The second-order valence-electron chi connectivity index (χ2n) is 22.8. The molecule has 18 heteroatoms. The van der Waals surface area contributed by atoms with E-state index in [1.807, 2.05) is 27.7 Å². The minimum atomic E-state index is -2.46. The molecule has 4 fully saturated rings. The van der Waals surface area contributed by atoms with Gasteiger partial charge >= 0.3 is 29.8 Å². The highest BCUT2D eigenvalue weighted by atomic mass is 16.7. The van der Waals surface area contributed by atoms with Gasteiger partial charge in [0.15, 0.2) is 23.6 Å². The van der Waals surface area contributed by atoms with Crippen LogP contribution in [0.2, 0.25) is 0 Å². The summed E-state index contributed by atoms with van der Waals surface area (Å²) in [5.74, 6) is -8.60. The number of aliphatic hydroxyl groups excluding tert-OH is 1. The van der Waals surface area contributed by atoms with Gasteiger partial charge in [0.25, 0.3) is 5.91 Å². The van der Waals surface area contributed by atoms with E-state index in [4.69, 9.17) is 28.5 Å². The standard InChI is InChI=1S/C57H68N2O16/c1-31-38(72-51(68)43(62)42(34-20-14-11-15-21-34)58-48(64)35-22-16-12-17-23-35)29-57(69)47(73-50(67)36-24-18-13-19-25-36)45-55(10,46(63)44(71-32(2)60)41(31)54(57,8)9)39(26-40-56(45,30-70-40)74-33(3)61)75-59-52(4,5)27-37(49(65)66)28-53(59,6)7/h11-25,37-40,42-45,47,62,69H,26-30H2,1-10H3,(H,58,64)(H,65,66)/t38-,39-,40?,42-,43+,44+,45?,47-,55+,56-,57+/m0/s1. The van der Waals surface area contributed by atoms with Crippen molar-refractivity contribution >= 4 is 41.5 Å². The predicted octanol–water partition coefficient (Wildman–Crippen LogP) is 6.03. The molecule has 5 aliphatic rings. The number of hydrogen-bond donors (Lipinski definition) is 4. The fourth-order valence-electron chi connectivity index (χ4n) is 13.2. The predicted molar refractivity (Wildman–Crippen MR) is 267 cm³/mol. The summed E-state index contributed by atoms with van der Waals surface area (Å²) in [7, 11) is 0. The summed E-state index contributed by atoms with van der Waals surface area (Å²) in [5, 5.41) is 40.9. The lowest BCUT2D eigenvalue weighted by atomic mass is 9.44. The first-order valence-electron chi connectivity index (χ1n) is 25.3. The number of carboxylic acids is 1. The zero-order valence-corrected chi connectivity index (χ0v) is 44.0. The molecule has 4 N–H and O–H groups in total. The van der Waals surface area contributed by atoms with Gasteiger partial charge in [-0.15, -0.1) is 0 Å². The van der Waals surface area contributed by atoms with Crippen LogP contribution in [0, 0.1) is 22.7 Å². The highest BCUT2D eigenvalue weighted by Crippen LogP contribution is 2.65. The van der Waals surface area contributed by atoms with Crippen molar-refractivity contribution < 1.29 is 77.4 Å². The van der Waals surface area contributed by atoms with Gasteiger partial charge in [-0.25, -0.2) is 9.59 Å². The highest BCUT2D eigenvalue weighted by Gasteiger charge is 2.79. The molecular weight excluding hydrogens is 969 g/mol. The molecule has 2 bridgehead atoms. The maximum atomic E-state index is 16.6. The number of hydrogen-bond acceptors (Lipinski definition) is 16. The Morgan fingerprint density at radius 3 is 1.84 bits per heavy atom. The lowest BCUT2D eigenvalue weighted by Crippen LogP contribution is -2.82. The number of nitrogens with zero attached hydrogens (tertiary/aromatic N) is 1. The number of carbonyl (C=O) groups excluding carboxylic acids is 6. The number of hydroxylamine groups is 2. The van der Waals surface area contributed by atoms with E-state index >= 15 is 4.79 Å². The monoisotopic (exact) mass is 1040 g/mol. The Hall–Kier alpha value is -6.31. The van der Waals surface area contributed by atoms with Crippen LogP contribution in [0.15, 0.2) is 102 Å². The number of Topliss-reactive ketones (excluding diaryl/α,β-unsaturated/α-hetero) is 1. The molecule has 2 saturated carbocycles. The molecule has 3 aromatic rings. The molecule has 0 aromatic heterocycles. The van der Waals surface area contributed by atoms with Crippen molar-refractivity contribution in [1.29, 1.82) is 0 Å². The molecule has 0 radical (unpaired) electrons. The van der Waals surface area contributed by atoms with E-state index < -0.39 is 136 Å². The van der Waals surface area contributed by atoms with Crippen LogP contribution in [0.4, 0.5) is 0 Å². The zero-order valence-electron chi connectivity index (χ0n) is 44.0. The average molecular weight is 1040 g/mol. The van der Waals surface area contributed by atoms with Crippen LogP contribution in [-0.4, -0.2) is 127 Å². The fraction of sp³-hybridized carbons (Fsp3) is 0.526. The first-order chi connectivity index (χ1) is 35.1. The normalized spacial score (nSPS) is 31.5. The minimum Gasteiger partial charge on any atom is -0.481 e. The van der Waals surface area contributed by atoms with Crippen molar-refractivity contribution in [1.82, 2.24) is 10.4 Å². The highest BCUT2D eigenvalue weighted by molar-refractivity contribution is 5.96. The molecule has 0 spiro atoms. The van der Waals surface area contributed by atoms with E-state index in [1.54, 1.807) is 112 Å². The molecule has 2 aliphatic heterocycles. The summed E-state index contributed by atoms with van der Waals surface area (Å²) in [6.45, 7) is 15.5. The van der Waals surface area contributed by atoms with E-state index in [0.717, 1.165) is 6.92 Å². The Morgan fingerprint density at radius 2 is 1.32 bits per heavy atom. The second-order valence-corrected chi connectivity index (χ2v) is 22.8. The second kappa shape index (κ2) is 20.0. The third kappa shape index (κ3) is 9.57. The number of aliphatic hydroxyl groups is 2. The largest absolute Gasteiger partial charge is 0.481 e. The quantitative estimate of drug-likeness (QED) is 0.0867. The topological polar surface area (TPSA) is 251 Å². The molecule has 75 heavy (non-hydrogen) atoms. The summed E-state index contributed by atoms with van der Waals surface area (Å²) in [4.78, 5) is 106. The van der Waals surface area contributed by atoms with Crippen LogP contribution < -0.4 is 5.32 Å². The van der Waals surface area contributed by atoms with Crippen molar-refractivity contribution in [2.24, 2.45) is 22.7 Å². The summed E-state index contributed by atoms with van der Waals surface area (Å²) in [6, 6.07) is 23.0. The Bertz CT molecular complexity index is 2740. The number of nitrogens with one attached hydrogen (secondary N) is 1. The van der Waals surface area contributed by atoms with Gasteiger partial charge in [0.2, 0.25) is 0 Å². The van der Waals surface area contributed by atoms with Gasteiger partial charge in [-0.05, 0) is 95.4 Å². The van der Waals surface area contributed by atoms with Crippen LogP contribution >= 0.6 is 0 Å². The summed E-state index contributed by atoms with van der Waals surface area (Å²) >= 11 is 0. The number of piperidine rings is 1. The van der Waals surface area contributed by atoms with Gasteiger partial charge < -0.3 is 44.3 Å². The van der Waals surface area contributed by atoms with E-state index in [1.165, 1.54) is 19.1 Å². The van der Waals surface area contributed by atoms with Crippen LogP contribution in [0.25, 0.3) is 0 Å². The fourth-order valence-corrected chi connectivity index (χ4v) is 13.2. The third-order valence-corrected chi connectivity index (χ3v) is 16.6. The Balaban J connectivity index is 1.32. The van der Waals surface area contributed by atoms with Crippen LogP contribution in [0.5, 0.6) is 0 Å². The van der Waals surface area contributed by atoms with Gasteiger partial charge in [0, 0.05) is 48.7 Å². The van der Waals surface area contributed by atoms with E-state index in [2.05, 4.69) is 5.32 Å². The summed E-state index contributed by atoms with van der Waals surface area (Å²) < 4.78 is 31.7. The Morgan fingerprint density at radius 1 is 0.760 bits per heavy atom. The van der Waals surface area contributed by atoms with Gasteiger partial charge in [0.05, 0.1) is 41.6 Å². The average Bonchev–Trinajstić information content (AvgIpc) is 3.34. The number of benzene rings is 3. The summed E-state index contributed by atoms with van der Waals surface area (Å²) in [6.07, 6.45) is -10.1. The Labute approximate surface area is 436 Å². The molecule has 2 heterocycles. The minimum absolute atomic E-state index is 0.00336. The van der Waals surface area contributed by atoms with E-state index in [-0.39, 0.29) is 48.1 Å². The maximum Gasteiger partial charge on any atom is 0.338 e. The molecule has 2 saturated heterocycles. The van der Waals surface area contributed by atoms with Crippen molar-refractivity contribution in [2.45, 2.75) is 160 Å². The number of carboxylic acid groups (broad SMARTS) is 1. The van der Waals surface area contributed by atoms with Crippen molar-refractivity contribution in [3.05, 3.63) is 119 Å². The summed E-state index contributed by atoms with van der Waals surface area (Å²) in [5.41, 5.74) is -9.23. The number of amides is 1. The number of fused-ring (bicyclic) bond motifs is 5. The first kappa shape index (κ1) is 54.9. The van der Waals surface area contributed by atoms with Crippen molar-refractivity contribution in [2.75, 3.05) is 6.61 Å². The van der Waals surface area contributed by atoms with Gasteiger partial charge in [-0.2, -0.15) is 5.06 Å². The third-order valence-electron chi connectivity index (χ3n) is 16.6. The van der Waals surface area contributed by atoms with E-state index in [0.29, 0.717) is 5.56 Å². The SMILES string of the molecule is CC(=O)O[C@H]1C(=O)[C@@]2(C)C([C@H](OC(=O)c3ccccc3)[C@]3(O)C[C@H](OC(=O)[C@H](O)[C@@H](NC(=O)c4ccccc4)c4ccccc4)C(C)=C1C3(C)C)[C@]1(OC(C)=O)COC1C[C@@H]2ON1C(C)(C)CC(C(=O)O)CC1(C)C. The van der Waals surface area contributed by atoms with Crippen LogP contribution in [0.3, 0.4) is 0 Å². The molecule has 3 aliphatic carbocycles. The van der Waals surface area contributed by atoms with Gasteiger partial charge in [-0.3, -0.25) is 28.8 Å². The van der Waals surface area contributed by atoms with Gasteiger partial charge in [0.1, 0.15) is 23.9 Å². The number of esters is 4. The van der Waals surface area contributed by atoms with Crippen LogP contribution in [0.1, 0.15) is 127 Å². The molecule has 18 nitrogen and oxygen atoms in total. The van der Waals surface area contributed by atoms with Crippen LogP contribution in [-0.2, 0) is 52.5 Å². The van der Waals surface area contributed by atoms with Crippen molar-refractivity contribution in [3.8, 4) is 0 Å². The number of aliphatic carboxylic acids is 1. The number of ketones is 1. The molecule has 1 amide bonds.